The average molecular weight is 189 g/mol. The molecule has 0 aliphatic carbocycles. The van der Waals surface area contributed by atoms with Gasteiger partial charge in [-0.1, -0.05) is 13.8 Å². The van der Waals surface area contributed by atoms with Crippen LogP contribution in [0.1, 0.15) is 20.8 Å². The Balaban J connectivity index is 3.93. The van der Waals surface area contributed by atoms with Crippen molar-refractivity contribution in [3.63, 3.8) is 0 Å². The zero-order valence-corrected chi connectivity index (χ0v) is 8.07. The Bertz CT molecular complexity index is 191. The Hall–Kier alpha value is -1.10. The molecule has 0 aliphatic heterocycles. The van der Waals surface area contributed by atoms with E-state index in [4.69, 9.17) is 5.73 Å². The van der Waals surface area contributed by atoms with Crippen LogP contribution in [0.5, 0.6) is 0 Å². The van der Waals surface area contributed by atoms with Gasteiger partial charge in [0.1, 0.15) is 6.04 Å². The number of esters is 1. The highest BCUT2D eigenvalue weighted by molar-refractivity contribution is 5.85. The van der Waals surface area contributed by atoms with Gasteiger partial charge in [-0.15, -0.1) is 0 Å². The van der Waals surface area contributed by atoms with Gasteiger partial charge in [0, 0.05) is 0 Å². The fourth-order valence-electron chi connectivity index (χ4n) is 0.570. The standard InChI is InChI=1S/C8H15NO4/c1-4-12-8(11)13-7(10)6(9)5(2)3/h5-6H,4,9H2,1-3H3. The van der Waals surface area contributed by atoms with E-state index >= 15 is 0 Å². The minimum Gasteiger partial charge on any atom is -0.434 e. The Morgan fingerprint density at radius 1 is 1.38 bits per heavy atom. The number of carbonyl (C=O) groups excluding carboxylic acids is 2. The third-order valence-corrected chi connectivity index (χ3v) is 1.44. The first-order valence-electron chi connectivity index (χ1n) is 4.13. The molecule has 13 heavy (non-hydrogen) atoms. The second kappa shape index (κ2) is 5.53. The summed E-state index contributed by atoms with van der Waals surface area (Å²) in [6.45, 7) is 5.31. The molecule has 0 heterocycles. The number of carbonyl (C=O) groups is 2. The van der Waals surface area contributed by atoms with Gasteiger partial charge in [0.25, 0.3) is 0 Å². The Kier molecular flexibility index (Phi) is 5.06. The summed E-state index contributed by atoms with van der Waals surface area (Å²) >= 11 is 0. The Morgan fingerprint density at radius 2 is 1.92 bits per heavy atom. The lowest BCUT2D eigenvalue weighted by molar-refractivity contribution is -0.142. The molecular weight excluding hydrogens is 174 g/mol. The van der Waals surface area contributed by atoms with E-state index in [1.807, 2.05) is 0 Å². The van der Waals surface area contributed by atoms with Crippen molar-refractivity contribution in [1.82, 2.24) is 0 Å². The van der Waals surface area contributed by atoms with Crippen LogP contribution in [-0.2, 0) is 14.3 Å². The highest BCUT2D eigenvalue weighted by Gasteiger charge is 2.22. The monoisotopic (exact) mass is 189 g/mol. The first-order valence-corrected chi connectivity index (χ1v) is 4.13. The predicted octanol–water partition coefficient (Wildman–Crippen LogP) is 0.669. The van der Waals surface area contributed by atoms with Gasteiger partial charge in [-0.3, -0.25) is 0 Å². The zero-order valence-electron chi connectivity index (χ0n) is 8.07. The Labute approximate surface area is 77.2 Å². The van der Waals surface area contributed by atoms with Crippen molar-refractivity contribution in [2.75, 3.05) is 6.61 Å². The van der Waals surface area contributed by atoms with Crippen LogP contribution in [0.15, 0.2) is 0 Å². The van der Waals surface area contributed by atoms with Crippen molar-refractivity contribution in [2.24, 2.45) is 11.7 Å². The zero-order chi connectivity index (χ0) is 10.4. The van der Waals surface area contributed by atoms with Gasteiger partial charge in [-0.25, -0.2) is 9.59 Å². The van der Waals surface area contributed by atoms with Crippen LogP contribution in [0.2, 0.25) is 0 Å². The molecule has 76 valence electrons. The SMILES string of the molecule is CCOC(=O)OC(=O)C(N)C(C)C. The van der Waals surface area contributed by atoms with Gasteiger partial charge < -0.3 is 15.2 Å². The lowest BCUT2D eigenvalue weighted by Crippen LogP contribution is -2.38. The molecule has 0 saturated carbocycles. The van der Waals surface area contributed by atoms with Crippen LogP contribution < -0.4 is 5.73 Å². The van der Waals surface area contributed by atoms with Crippen molar-refractivity contribution in [2.45, 2.75) is 26.8 Å². The van der Waals surface area contributed by atoms with Crippen LogP contribution >= 0.6 is 0 Å². The largest absolute Gasteiger partial charge is 0.516 e. The first kappa shape index (κ1) is 11.9. The van der Waals surface area contributed by atoms with Gasteiger partial charge in [0.15, 0.2) is 0 Å². The van der Waals surface area contributed by atoms with Crippen LogP contribution in [-0.4, -0.2) is 24.8 Å². The fourth-order valence-corrected chi connectivity index (χ4v) is 0.570. The minimum absolute atomic E-state index is 0.0677. The molecule has 0 rings (SSSR count). The molecule has 1 unspecified atom stereocenters. The maximum Gasteiger partial charge on any atom is 0.516 e. The number of hydrogen-bond acceptors (Lipinski definition) is 5. The molecule has 0 aromatic carbocycles. The molecule has 0 spiro atoms. The van der Waals surface area contributed by atoms with E-state index in [0.29, 0.717) is 0 Å². The van der Waals surface area contributed by atoms with E-state index < -0.39 is 18.2 Å². The van der Waals surface area contributed by atoms with Gasteiger partial charge in [-0.05, 0) is 12.8 Å². The first-order chi connectivity index (χ1) is 5.99. The van der Waals surface area contributed by atoms with Crippen molar-refractivity contribution in [1.29, 1.82) is 0 Å². The third kappa shape index (κ3) is 4.47. The molecule has 0 fully saturated rings. The van der Waals surface area contributed by atoms with Gasteiger partial charge in [0.05, 0.1) is 6.61 Å². The van der Waals surface area contributed by atoms with Crippen LogP contribution in [0.3, 0.4) is 0 Å². The van der Waals surface area contributed by atoms with Crippen LogP contribution in [0.25, 0.3) is 0 Å². The average Bonchev–Trinajstić information content (AvgIpc) is 2.03. The molecule has 0 saturated heterocycles. The van der Waals surface area contributed by atoms with E-state index in [2.05, 4.69) is 9.47 Å². The van der Waals surface area contributed by atoms with Gasteiger partial charge in [-0.2, -0.15) is 0 Å². The summed E-state index contributed by atoms with van der Waals surface area (Å²) in [7, 11) is 0. The van der Waals surface area contributed by atoms with E-state index in [-0.39, 0.29) is 12.5 Å². The maximum atomic E-state index is 11.0. The van der Waals surface area contributed by atoms with Gasteiger partial charge >= 0.3 is 12.1 Å². The lowest BCUT2D eigenvalue weighted by atomic mass is 10.1. The fraction of sp³-hybridized carbons (Fsp3) is 0.750. The number of hydrogen-bond donors (Lipinski definition) is 1. The molecule has 5 nitrogen and oxygen atoms in total. The van der Waals surface area contributed by atoms with E-state index in [9.17, 15) is 9.59 Å². The summed E-state index contributed by atoms with van der Waals surface area (Å²) in [4.78, 5) is 21.7. The minimum atomic E-state index is -0.997. The molecule has 2 N–H and O–H groups in total. The predicted molar refractivity (Wildman–Crippen MR) is 45.9 cm³/mol. The van der Waals surface area contributed by atoms with E-state index in [1.54, 1.807) is 20.8 Å². The van der Waals surface area contributed by atoms with E-state index in [1.165, 1.54) is 0 Å². The summed E-state index contributed by atoms with van der Waals surface area (Å²) in [5, 5.41) is 0. The summed E-state index contributed by atoms with van der Waals surface area (Å²) in [6, 6.07) is -0.788. The molecule has 0 radical (unpaired) electrons. The Morgan fingerprint density at radius 3 is 2.31 bits per heavy atom. The summed E-state index contributed by atoms with van der Waals surface area (Å²) in [5.41, 5.74) is 5.42. The quantitative estimate of drug-likeness (QED) is 0.521. The lowest BCUT2D eigenvalue weighted by Gasteiger charge is -2.12. The third-order valence-electron chi connectivity index (χ3n) is 1.44. The highest BCUT2D eigenvalue weighted by Crippen LogP contribution is 2.01. The second-order valence-corrected chi connectivity index (χ2v) is 2.87. The molecule has 1 atom stereocenters. The highest BCUT2D eigenvalue weighted by atomic mass is 16.7. The second-order valence-electron chi connectivity index (χ2n) is 2.87. The summed E-state index contributed by atoms with van der Waals surface area (Å²) < 4.78 is 8.69. The van der Waals surface area contributed by atoms with Crippen LogP contribution in [0.4, 0.5) is 4.79 Å². The molecular formula is C8H15NO4. The molecule has 0 bridgehead atoms. The molecule has 0 amide bonds. The molecule has 0 aromatic heterocycles. The molecule has 0 aliphatic rings. The van der Waals surface area contributed by atoms with E-state index in [0.717, 1.165) is 0 Å². The number of rotatable bonds is 3. The number of nitrogens with two attached hydrogens (primary N) is 1. The van der Waals surface area contributed by atoms with Gasteiger partial charge in [0.2, 0.25) is 0 Å². The van der Waals surface area contributed by atoms with Crippen molar-refractivity contribution in [3.05, 3.63) is 0 Å². The van der Waals surface area contributed by atoms with Crippen LogP contribution in [0, 0.1) is 5.92 Å². The number of ether oxygens (including phenoxy) is 2. The van der Waals surface area contributed by atoms with Crippen molar-refractivity contribution >= 4 is 12.1 Å². The van der Waals surface area contributed by atoms with Crippen molar-refractivity contribution < 1.29 is 19.1 Å². The summed E-state index contributed by atoms with van der Waals surface area (Å²) in [6.07, 6.45) is -0.997. The molecule has 5 heteroatoms. The maximum absolute atomic E-state index is 11.0. The molecule has 0 aromatic rings. The smallest absolute Gasteiger partial charge is 0.434 e. The summed E-state index contributed by atoms with van der Waals surface area (Å²) in [5.74, 6) is -0.824. The normalized spacial score (nSPS) is 12.4. The topological polar surface area (TPSA) is 78.6 Å². The van der Waals surface area contributed by atoms with Crippen molar-refractivity contribution in [3.8, 4) is 0 Å².